The van der Waals surface area contributed by atoms with Gasteiger partial charge in [0.05, 0.1) is 18.1 Å². The number of para-hydroxylation sites is 1. The van der Waals surface area contributed by atoms with Crippen LogP contribution < -0.4 is 5.32 Å². The highest BCUT2D eigenvalue weighted by atomic mass is 16.6. The zero-order valence-corrected chi connectivity index (χ0v) is 19.8. The lowest BCUT2D eigenvalue weighted by molar-refractivity contribution is -0.160. The fraction of sp³-hybridized carbons (Fsp3) is 0.640. The summed E-state index contributed by atoms with van der Waals surface area (Å²) in [5, 5.41) is 12.5. The van der Waals surface area contributed by atoms with Gasteiger partial charge >= 0.3 is 5.97 Å². The normalized spacial score (nSPS) is 32.2. The molecule has 8 nitrogen and oxygen atoms in total. The van der Waals surface area contributed by atoms with E-state index in [1.165, 1.54) is 4.90 Å². The van der Waals surface area contributed by atoms with Crippen LogP contribution in [-0.4, -0.2) is 64.8 Å². The molecule has 5 atom stereocenters. The van der Waals surface area contributed by atoms with E-state index in [9.17, 15) is 19.5 Å². The number of nitrogens with zero attached hydrogens (tertiary/aromatic N) is 1. The quantitative estimate of drug-likeness (QED) is 0.580. The number of aliphatic hydroxyl groups is 1. The van der Waals surface area contributed by atoms with E-state index in [1.807, 2.05) is 39.0 Å². The van der Waals surface area contributed by atoms with Gasteiger partial charge in [0.1, 0.15) is 17.6 Å². The van der Waals surface area contributed by atoms with Crippen molar-refractivity contribution in [3.8, 4) is 0 Å². The average Bonchev–Trinajstić information content (AvgIpc) is 3.38. The Labute approximate surface area is 194 Å². The van der Waals surface area contributed by atoms with Gasteiger partial charge in [-0.15, -0.1) is 0 Å². The number of hydrogen-bond donors (Lipinski definition) is 2. The number of aryl methyl sites for hydroxylation is 2. The standard InChI is InChI=1S/C25H34N2O6/c1-5-24-11-12-25(33-24)17(18(24)23(31)32-6-2)22(30)27(13-8-14-28)20(25)21(29)26-19-15(3)9-7-10-16(19)4/h7,9-10,17-18,20,28H,5-6,8,11-14H2,1-4H3,(H,26,29)/t17-,18-,20?,24+,25?/m0/s1. The molecule has 8 heteroatoms. The minimum absolute atomic E-state index is 0.103. The number of anilines is 1. The Morgan fingerprint density at radius 3 is 2.55 bits per heavy atom. The van der Waals surface area contributed by atoms with Gasteiger partial charge in [0.2, 0.25) is 11.8 Å². The van der Waals surface area contributed by atoms with E-state index >= 15 is 0 Å². The molecule has 3 heterocycles. The molecule has 2 amide bonds. The van der Waals surface area contributed by atoms with Crippen LogP contribution in [0.25, 0.3) is 0 Å². The number of carbonyl (C=O) groups excluding carboxylic acids is 3. The van der Waals surface area contributed by atoms with E-state index in [0.29, 0.717) is 25.7 Å². The first-order chi connectivity index (χ1) is 15.8. The number of carbonyl (C=O) groups is 3. The van der Waals surface area contributed by atoms with Crippen LogP contribution in [0.1, 0.15) is 50.7 Å². The number of hydrogen-bond acceptors (Lipinski definition) is 6. The van der Waals surface area contributed by atoms with Crippen LogP contribution in [0.2, 0.25) is 0 Å². The number of nitrogens with one attached hydrogen (secondary N) is 1. The zero-order valence-electron chi connectivity index (χ0n) is 19.8. The summed E-state index contributed by atoms with van der Waals surface area (Å²) in [6.45, 7) is 7.87. The molecule has 0 aliphatic carbocycles. The third kappa shape index (κ3) is 3.46. The van der Waals surface area contributed by atoms with Crippen LogP contribution in [0.4, 0.5) is 5.69 Å². The maximum Gasteiger partial charge on any atom is 0.312 e. The Bertz CT molecular complexity index is 944. The molecule has 3 aliphatic rings. The van der Waals surface area contributed by atoms with Crippen molar-refractivity contribution in [3.05, 3.63) is 29.3 Å². The zero-order chi connectivity index (χ0) is 24.0. The van der Waals surface area contributed by atoms with E-state index in [4.69, 9.17) is 9.47 Å². The number of ether oxygens (including phenoxy) is 2. The minimum Gasteiger partial charge on any atom is -0.466 e. The van der Waals surface area contributed by atoms with E-state index in [1.54, 1.807) is 6.92 Å². The number of benzene rings is 1. The first-order valence-corrected chi connectivity index (χ1v) is 11.9. The fourth-order valence-electron chi connectivity index (χ4n) is 6.29. The molecule has 3 saturated heterocycles. The largest absolute Gasteiger partial charge is 0.466 e. The predicted octanol–water partition coefficient (Wildman–Crippen LogP) is 2.34. The fourth-order valence-corrected chi connectivity index (χ4v) is 6.29. The van der Waals surface area contributed by atoms with Crippen molar-refractivity contribution in [1.29, 1.82) is 0 Å². The van der Waals surface area contributed by atoms with Gasteiger partial charge in [-0.3, -0.25) is 14.4 Å². The number of rotatable bonds is 8. The third-order valence-electron chi connectivity index (χ3n) is 7.76. The van der Waals surface area contributed by atoms with Gasteiger partial charge in [-0.1, -0.05) is 25.1 Å². The van der Waals surface area contributed by atoms with Gasteiger partial charge in [-0.25, -0.2) is 0 Å². The number of aliphatic hydroxyl groups excluding tert-OH is 1. The molecule has 1 aromatic rings. The van der Waals surface area contributed by atoms with E-state index in [0.717, 1.165) is 16.8 Å². The first-order valence-electron chi connectivity index (χ1n) is 11.9. The molecular weight excluding hydrogens is 424 g/mol. The first kappa shape index (κ1) is 23.7. The molecule has 1 spiro atoms. The molecule has 2 bridgehead atoms. The highest BCUT2D eigenvalue weighted by Crippen LogP contribution is 2.64. The molecular formula is C25H34N2O6. The van der Waals surface area contributed by atoms with E-state index in [2.05, 4.69) is 5.32 Å². The van der Waals surface area contributed by atoms with Crippen molar-refractivity contribution < 1.29 is 29.0 Å². The molecule has 180 valence electrons. The van der Waals surface area contributed by atoms with Crippen molar-refractivity contribution >= 4 is 23.5 Å². The van der Waals surface area contributed by atoms with Crippen molar-refractivity contribution in [2.45, 2.75) is 70.6 Å². The van der Waals surface area contributed by atoms with Crippen LogP contribution in [-0.2, 0) is 23.9 Å². The molecule has 3 fully saturated rings. The van der Waals surface area contributed by atoms with Gasteiger partial charge < -0.3 is 24.8 Å². The summed E-state index contributed by atoms with van der Waals surface area (Å²) in [6.07, 6.45) is 2.01. The van der Waals surface area contributed by atoms with Crippen molar-refractivity contribution in [3.63, 3.8) is 0 Å². The summed E-state index contributed by atoms with van der Waals surface area (Å²) in [4.78, 5) is 42.1. The second-order valence-corrected chi connectivity index (χ2v) is 9.45. The molecule has 0 aromatic heterocycles. The van der Waals surface area contributed by atoms with Gasteiger partial charge in [0.15, 0.2) is 0 Å². The summed E-state index contributed by atoms with van der Waals surface area (Å²) in [6, 6.07) is 4.90. The Morgan fingerprint density at radius 2 is 1.94 bits per heavy atom. The van der Waals surface area contributed by atoms with Gasteiger partial charge in [0.25, 0.3) is 0 Å². The smallest absolute Gasteiger partial charge is 0.312 e. The van der Waals surface area contributed by atoms with Crippen LogP contribution in [0.15, 0.2) is 18.2 Å². The van der Waals surface area contributed by atoms with E-state index < -0.39 is 35.0 Å². The highest BCUT2D eigenvalue weighted by molar-refractivity contribution is 6.04. The second kappa shape index (κ2) is 8.72. The summed E-state index contributed by atoms with van der Waals surface area (Å²) < 4.78 is 12.0. The Balaban J connectivity index is 1.76. The molecule has 33 heavy (non-hydrogen) atoms. The topological polar surface area (TPSA) is 105 Å². The Morgan fingerprint density at radius 1 is 1.24 bits per heavy atom. The lowest BCUT2D eigenvalue weighted by Crippen LogP contribution is -2.53. The molecule has 1 aromatic carbocycles. The van der Waals surface area contributed by atoms with Crippen molar-refractivity contribution in [1.82, 2.24) is 4.90 Å². The third-order valence-corrected chi connectivity index (χ3v) is 7.76. The molecule has 4 rings (SSSR count). The van der Waals surface area contributed by atoms with Crippen LogP contribution in [0, 0.1) is 25.7 Å². The maximum absolute atomic E-state index is 13.8. The van der Waals surface area contributed by atoms with Gasteiger partial charge in [-0.2, -0.15) is 0 Å². The second-order valence-electron chi connectivity index (χ2n) is 9.45. The highest BCUT2D eigenvalue weighted by Gasteiger charge is 2.78. The Kier molecular flexibility index (Phi) is 6.26. The molecule has 0 saturated carbocycles. The molecule has 3 aliphatic heterocycles. The predicted molar refractivity (Wildman–Crippen MR) is 121 cm³/mol. The summed E-state index contributed by atoms with van der Waals surface area (Å²) >= 11 is 0. The van der Waals surface area contributed by atoms with Gasteiger partial charge in [0, 0.05) is 18.8 Å². The lowest BCUT2D eigenvalue weighted by atomic mass is 9.65. The number of fused-ring (bicyclic) bond motifs is 1. The average molecular weight is 459 g/mol. The van der Waals surface area contributed by atoms with Gasteiger partial charge in [-0.05, 0) is 57.6 Å². The number of esters is 1. The van der Waals surface area contributed by atoms with Crippen molar-refractivity contribution in [2.24, 2.45) is 11.8 Å². The SMILES string of the molecule is CCOC(=O)[C@@H]1[C@H]2C(=O)N(CCCO)C(C(=O)Nc3c(C)cccc3C)C23CC[C@@]1(CC)O3. The summed E-state index contributed by atoms with van der Waals surface area (Å²) in [5.41, 5.74) is 0.689. The Hall–Kier alpha value is -2.45. The molecule has 2 unspecified atom stereocenters. The summed E-state index contributed by atoms with van der Waals surface area (Å²) in [7, 11) is 0. The molecule has 0 radical (unpaired) electrons. The van der Waals surface area contributed by atoms with Crippen LogP contribution >= 0.6 is 0 Å². The van der Waals surface area contributed by atoms with Crippen molar-refractivity contribution in [2.75, 3.05) is 25.1 Å². The lowest BCUT2D eigenvalue weighted by Gasteiger charge is -2.33. The number of amides is 2. The van der Waals surface area contributed by atoms with Crippen LogP contribution in [0.3, 0.4) is 0 Å². The van der Waals surface area contributed by atoms with Crippen LogP contribution in [0.5, 0.6) is 0 Å². The number of likely N-dealkylation sites (tertiary alicyclic amines) is 1. The summed E-state index contributed by atoms with van der Waals surface area (Å²) in [5.74, 6) is -2.52. The van der Waals surface area contributed by atoms with E-state index in [-0.39, 0.29) is 31.6 Å². The molecule has 2 N–H and O–H groups in total. The maximum atomic E-state index is 13.8. The minimum atomic E-state index is -1.08. The monoisotopic (exact) mass is 458 g/mol.